The molecule has 0 unspecified atom stereocenters. The van der Waals surface area contributed by atoms with Gasteiger partial charge in [-0.1, -0.05) is 0 Å². The largest absolute Gasteiger partial charge is 0.374 e. The summed E-state index contributed by atoms with van der Waals surface area (Å²) in [6, 6.07) is 4.05. The SMILES string of the molecule is Cc1cc2c(cc1C)NC(=O)CN2. The Labute approximate surface area is 77.1 Å². The monoisotopic (exact) mass is 176 g/mol. The van der Waals surface area contributed by atoms with Crippen LogP contribution < -0.4 is 10.6 Å². The molecular formula is C10H12N2O. The first-order valence-electron chi connectivity index (χ1n) is 4.32. The average Bonchev–Trinajstić information content (AvgIpc) is 2.08. The van der Waals surface area contributed by atoms with Crippen LogP contribution in [0, 0.1) is 13.8 Å². The second-order valence-corrected chi connectivity index (χ2v) is 3.38. The van der Waals surface area contributed by atoms with Gasteiger partial charge in [-0.3, -0.25) is 4.79 Å². The number of amides is 1. The molecule has 13 heavy (non-hydrogen) atoms. The lowest BCUT2D eigenvalue weighted by molar-refractivity contribution is -0.114. The van der Waals surface area contributed by atoms with Crippen LogP contribution >= 0.6 is 0 Å². The van der Waals surface area contributed by atoms with Gasteiger partial charge in [0.15, 0.2) is 0 Å². The van der Waals surface area contributed by atoms with E-state index < -0.39 is 0 Å². The zero-order valence-corrected chi connectivity index (χ0v) is 7.77. The molecular weight excluding hydrogens is 164 g/mol. The van der Waals surface area contributed by atoms with E-state index in [9.17, 15) is 4.79 Å². The molecule has 2 rings (SSSR count). The van der Waals surface area contributed by atoms with Crippen molar-refractivity contribution in [2.45, 2.75) is 13.8 Å². The second kappa shape index (κ2) is 2.76. The average molecular weight is 176 g/mol. The van der Waals surface area contributed by atoms with Gasteiger partial charge in [-0.25, -0.2) is 0 Å². The van der Waals surface area contributed by atoms with Gasteiger partial charge >= 0.3 is 0 Å². The molecule has 0 aliphatic carbocycles. The first-order valence-corrected chi connectivity index (χ1v) is 4.32. The minimum atomic E-state index is 0.0238. The summed E-state index contributed by atoms with van der Waals surface area (Å²) in [6.07, 6.45) is 0. The molecule has 0 atom stereocenters. The van der Waals surface area contributed by atoms with Crippen LogP contribution in [0.1, 0.15) is 11.1 Å². The topological polar surface area (TPSA) is 41.1 Å². The van der Waals surface area contributed by atoms with Gasteiger partial charge in [0.1, 0.15) is 0 Å². The minimum absolute atomic E-state index is 0.0238. The fourth-order valence-electron chi connectivity index (χ4n) is 1.44. The van der Waals surface area contributed by atoms with E-state index in [0.29, 0.717) is 6.54 Å². The van der Waals surface area contributed by atoms with Crippen LogP contribution in [0.4, 0.5) is 11.4 Å². The number of hydrogen-bond donors (Lipinski definition) is 2. The number of aryl methyl sites for hydroxylation is 2. The summed E-state index contributed by atoms with van der Waals surface area (Å²) in [5, 5.41) is 5.89. The summed E-state index contributed by atoms with van der Waals surface area (Å²) >= 11 is 0. The zero-order chi connectivity index (χ0) is 9.42. The van der Waals surface area contributed by atoms with Crippen molar-refractivity contribution in [1.82, 2.24) is 0 Å². The number of hydrogen-bond acceptors (Lipinski definition) is 2. The maximum absolute atomic E-state index is 11.0. The fourth-order valence-corrected chi connectivity index (χ4v) is 1.44. The molecule has 3 nitrogen and oxygen atoms in total. The van der Waals surface area contributed by atoms with E-state index in [-0.39, 0.29) is 5.91 Å². The lowest BCUT2D eigenvalue weighted by atomic mass is 10.1. The third-order valence-electron chi connectivity index (χ3n) is 2.35. The van der Waals surface area contributed by atoms with Crippen molar-refractivity contribution in [1.29, 1.82) is 0 Å². The van der Waals surface area contributed by atoms with Crippen molar-refractivity contribution < 1.29 is 4.79 Å². The van der Waals surface area contributed by atoms with Gasteiger partial charge in [-0.15, -0.1) is 0 Å². The lowest BCUT2D eigenvalue weighted by Crippen LogP contribution is -2.27. The molecule has 0 radical (unpaired) electrons. The number of anilines is 2. The Morgan fingerprint density at radius 3 is 2.46 bits per heavy atom. The lowest BCUT2D eigenvalue weighted by Gasteiger charge is -2.19. The molecule has 0 bridgehead atoms. The Bertz CT molecular complexity index is 371. The van der Waals surface area contributed by atoms with Gasteiger partial charge in [0.05, 0.1) is 17.9 Å². The minimum Gasteiger partial charge on any atom is -0.374 e. The van der Waals surface area contributed by atoms with E-state index in [2.05, 4.69) is 23.6 Å². The van der Waals surface area contributed by atoms with Crippen LogP contribution in [-0.4, -0.2) is 12.5 Å². The Hall–Kier alpha value is -1.51. The summed E-state index contributed by atoms with van der Waals surface area (Å²) in [5.41, 5.74) is 4.34. The zero-order valence-electron chi connectivity index (χ0n) is 7.77. The van der Waals surface area contributed by atoms with Crippen molar-refractivity contribution >= 4 is 17.3 Å². The van der Waals surface area contributed by atoms with Gasteiger partial charge in [0.25, 0.3) is 0 Å². The Morgan fingerprint density at radius 1 is 1.15 bits per heavy atom. The summed E-state index contributed by atoms with van der Waals surface area (Å²) in [7, 11) is 0. The van der Waals surface area contributed by atoms with E-state index in [0.717, 1.165) is 11.4 Å². The molecule has 68 valence electrons. The summed E-state index contributed by atoms with van der Waals surface area (Å²) in [4.78, 5) is 11.0. The molecule has 1 heterocycles. The van der Waals surface area contributed by atoms with Crippen LogP contribution in [0.25, 0.3) is 0 Å². The van der Waals surface area contributed by atoms with Crippen LogP contribution in [-0.2, 0) is 4.79 Å². The maximum Gasteiger partial charge on any atom is 0.243 e. The second-order valence-electron chi connectivity index (χ2n) is 3.38. The fraction of sp³-hybridized carbons (Fsp3) is 0.300. The molecule has 1 aromatic carbocycles. The summed E-state index contributed by atoms with van der Waals surface area (Å²) in [5.74, 6) is 0.0238. The Morgan fingerprint density at radius 2 is 1.77 bits per heavy atom. The highest BCUT2D eigenvalue weighted by atomic mass is 16.2. The van der Waals surface area contributed by atoms with Gasteiger partial charge in [0, 0.05) is 0 Å². The highest BCUT2D eigenvalue weighted by molar-refractivity contribution is 6.00. The highest BCUT2D eigenvalue weighted by Crippen LogP contribution is 2.27. The molecule has 0 fully saturated rings. The smallest absolute Gasteiger partial charge is 0.243 e. The maximum atomic E-state index is 11.0. The van der Waals surface area contributed by atoms with Crippen molar-refractivity contribution in [2.75, 3.05) is 17.2 Å². The van der Waals surface area contributed by atoms with Crippen molar-refractivity contribution in [2.24, 2.45) is 0 Å². The predicted molar refractivity (Wildman–Crippen MR) is 53.0 cm³/mol. The number of nitrogens with one attached hydrogen (secondary N) is 2. The Balaban J connectivity index is 2.49. The van der Waals surface area contributed by atoms with Crippen molar-refractivity contribution in [3.05, 3.63) is 23.3 Å². The van der Waals surface area contributed by atoms with Crippen molar-refractivity contribution in [3.8, 4) is 0 Å². The quantitative estimate of drug-likeness (QED) is 0.631. The standard InChI is InChI=1S/C10H12N2O/c1-6-3-8-9(4-7(6)2)12-10(13)5-11-8/h3-4,11H,5H2,1-2H3,(H,12,13). The van der Waals surface area contributed by atoms with Gasteiger partial charge < -0.3 is 10.6 Å². The third kappa shape index (κ3) is 1.37. The number of carbonyl (C=O) groups is 1. The number of fused-ring (bicyclic) bond motifs is 1. The molecule has 0 aromatic heterocycles. The normalized spacial score (nSPS) is 14.5. The third-order valence-corrected chi connectivity index (χ3v) is 2.35. The molecule has 1 aliphatic rings. The molecule has 0 spiro atoms. The highest BCUT2D eigenvalue weighted by Gasteiger charge is 2.14. The number of rotatable bonds is 0. The van der Waals surface area contributed by atoms with E-state index in [1.807, 2.05) is 13.0 Å². The predicted octanol–water partition coefficient (Wildman–Crippen LogP) is 1.67. The first-order chi connectivity index (χ1) is 6.16. The van der Waals surface area contributed by atoms with Gasteiger partial charge in [0.2, 0.25) is 5.91 Å². The van der Waals surface area contributed by atoms with E-state index in [1.54, 1.807) is 0 Å². The molecule has 1 aliphatic heterocycles. The van der Waals surface area contributed by atoms with Crippen LogP contribution in [0.15, 0.2) is 12.1 Å². The molecule has 1 aromatic rings. The first kappa shape index (κ1) is 8.10. The molecule has 0 saturated heterocycles. The summed E-state index contributed by atoms with van der Waals surface area (Å²) in [6.45, 7) is 4.47. The molecule has 1 amide bonds. The summed E-state index contributed by atoms with van der Waals surface area (Å²) < 4.78 is 0. The molecule has 2 N–H and O–H groups in total. The number of benzene rings is 1. The van der Waals surface area contributed by atoms with Crippen LogP contribution in [0.5, 0.6) is 0 Å². The van der Waals surface area contributed by atoms with Crippen LogP contribution in [0.3, 0.4) is 0 Å². The van der Waals surface area contributed by atoms with E-state index >= 15 is 0 Å². The van der Waals surface area contributed by atoms with Gasteiger partial charge in [-0.2, -0.15) is 0 Å². The van der Waals surface area contributed by atoms with E-state index in [4.69, 9.17) is 0 Å². The van der Waals surface area contributed by atoms with Crippen LogP contribution in [0.2, 0.25) is 0 Å². The number of carbonyl (C=O) groups excluding carboxylic acids is 1. The van der Waals surface area contributed by atoms with Crippen molar-refractivity contribution in [3.63, 3.8) is 0 Å². The Kier molecular flexibility index (Phi) is 1.72. The molecule has 3 heteroatoms. The van der Waals surface area contributed by atoms with Gasteiger partial charge in [-0.05, 0) is 37.1 Å². The molecule has 0 saturated carbocycles. The van der Waals surface area contributed by atoms with E-state index in [1.165, 1.54) is 11.1 Å².